The summed E-state index contributed by atoms with van der Waals surface area (Å²) in [7, 11) is -3.37. The summed E-state index contributed by atoms with van der Waals surface area (Å²) in [6.45, 7) is 0.538. The average Bonchev–Trinajstić information content (AvgIpc) is 3.13. The maximum absolute atomic E-state index is 11.9. The molecule has 6 heteroatoms. The van der Waals surface area contributed by atoms with Gasteiger partial charge in [0.15, 0.2) is 0 Å². The van der Waals surface area contributed by atoms with Crippen LogP contribution in [0, 0.1) is 0 Å². The molecule has 0 radical (unpaired) electrons. The van der Waals surface area contributed by atoms with Crippen molar-refractivity contribution in [3.63, 3.8) is 0 Å². The molecule has 18 heavy (non-hydrogen) atoms. The standard InChI is InChI=1S/C12H16ClNO3S/c13-8-1-9-17-11-4-6-12(7-5-11)18(15,16)14-10-2-3-10/h4-7,10,14H,1-3,8-9H2. The molecule has 0 bridgehead atoms. The van der Waals surface area contributed by atoms with Crippen LogP contribution in [0.5, 0.6) is 5.75 Å². The topological polar surface area (TPSA) is 55.4 Å². The first kappa shape index (κ1) is 13.6. The highest BCUT2D eigenvalue weighted by molar-refractivity contribution is 7.89. The molecule has 1 fully saturated rings. The van der Waals surface area contributed by atoms with Gasteiger partial charge in [0.25, 0.3) is 0 Å². The molecule has 1 N–H and O–H groups in total. The number of hydrogen-bond donors (Lipinski definition) is 1. The van der Waals surface area contributed by atoms with Crippen molar-refractivity contribution in [1.29, 1.82) is 0 Å². The third-order valence-corrected chi connectivity index (χ3v) is 4.38. The van der Waals surface area contributed by atoms with Crippen molar-refractivity contribution in [2.75, 3.05) is 12.5 Å². The number of benzene rings is 1. The van der Waals surface area contributed by atoms with Crippen molar-refractivity contribution >= 4 is 21.6 Å². The number of alkyl halides is 1. The number of halogens is 1. The highest BCUT2D eigenvalue weighted by Crippen LogP contribution is 2.23. The van der Waals surface area contributed by atoms with E-state index >= 15 is 0 Å². The molecule has 0 aliphatic heterocycles. The monoisotopic (exact) mass is 289 g/mol. The molecule has 0 heterocycles. The Labute approximate surface area is 112 Å². The highest BCUT2D eigenvalue weighted by atomic mass is 35.5. The Morgan fingerprint density at radius 3 is 2.50 bits per heavy atom. The summed E-state index contributed by atoms with van der Waals surface area (Å²) in [6, 6.07) is 6.56. The van der Waals surface area contributed by atoms with Crippen LogP contribution >= 0.6 is 11.6 Å². The molecule has 0 spiro atoms. The van der Waals surface area contributed by atoms with Gasteiger partial charge < -0.3 is 4.74 Å². The normalized spacial score (nSPS) is 15.6. The van der Waals surface area contributed by atoms with Gasteiger partial charge >= 0.3 is 0 Å². The number of hydrogen-bond acceptors (Lipinski definition) is 3. The van der Waals surface area contributed by atoms with Gasteiger partial charge in [-0.05, 0) is 43.5 Å². The van der Waals surface area contributed by atoms with E-state index in [1.54, 1.807) is 24.3 Å². The van der Waals surface area contributed by atoms with Crippen LogP contribution in [0.3, 0.4) is 0 Å². The molecule has 1 aliphatic rings. The molecule has 4 nitrogen and oxygen atoms in total. The summed E-state index contributed by atoms with van der Waals surface area (Å²) in [4.78, 5) is 0.277. The van der Waals surface area contributed by atoms with Crippen LogP contribution in [0.25, 0.3) is 0 Å². The Balaban J connectivity index is 1.97. The molecule has 1 aliphatic carbocycles. The molecule has 100 valence electrons. The van der Waals surface area contributed by atoms with Crippen LogP contribution in [0.4, 0.5) is 0 Å². The summed E-state index contributed by atoms with van der Waals surface area (Å²) in [5, 5.41) is 0. The first-order valence-corrected chi connectivity index (χ1v) is 7.95. The lowest BCUT2D eigenvalue weighted by Crippen LogP contribution is -2.25. The fraction of sp³-hybridized carbons (Fsp3) is 0.500. The molecule has 0 atom stereocenters. The summed E-state index contributed by atoms with van der Waals surface area (Å²) >= 11 is 5.54. The zero-order chi connectivity index (χ0) is 13.0. The lowest BCUT2D eigenvalue weighted by molar-refractivity contribution is 0.318. The second-order valence-corrected chi connectivity index (χ2v) is 6.35. The molecule has 1 saturated carbocycles. The molecule has 1 aromatic carbocycles. The largest absolute Gasteiger partial charge is 0.494 e. The van der Waals surface area contributed by atoms with Crippen molar-refractivity contribution in [1.82, 2.24) is 4.72 Å². The molecule has 0 amide bonds. The SMILES string of the molecule is O=S(=O)(NC1CC1)c1ccc(OCCCCl)cc1. The maximum Gasteiger partial charge on any atom is 0.240 e. The summed E-state index contributed by atoms with van der Waals surface area (Å²) in [5.41, 5.74) is 0. The van der Waals surface area contributed by atoms with Crippen LogP contribution in [-0.4, -0.2) is 26.9 Å². The summed E-state index contributed by atoms with van der Waals surface area (Å²) < 4.78 is 31.8. The highest BCUT2D eigenvalue weighted by Gasteiger charge is 2.27. The van der Waals surface area contributed by atoms with Crippen molar-refractivity contribution in [3.8, 4) is 5.75 Å². The van der Waals surface area contributed by atoms with E-state index in [1.165, 1.54) is 0 Å². The van der Waals surface area contributed by atoms with Crippen LogP contribution < -0.4 is 9.46 Å². The van der Waals surface area contributed by atoms with Gasteiger partial charge in [0, 0.05) is 11.9 Å². The van der Waals surface area contributed by atoms with E-state index < -0.39 is 10.0 Å². The van der Waals surface area contributed by atoms with Crippen LogP contribution in [-0.2, 0) is 10.0 Å². The number of sulfonamides is 1. The van der Waals surface area contributed by atoms with Gasteiger partial charge in [-0.15, -0.1) is 11.6 Å². The summed E-state index contributed by atoms with van der Waals surface area (Å²) in [6.07, 6.45) is 2.63. The van der Waals surface area contributed by atoms with E-state index in [9.17, 15) is 8.42 Å². The summed E-state index contributed by atoms with van der Waals surface area (Å²) in [5.74, 6) is 1.21. The molecule has 0 unspecified atom stereocenters. The molecule has 0 saturated heterocycles. The van der Waals surface area contributed by atoms with E-state index in [-0.39, 0.29) is 10.9 Å². The first-order chi connectivity index (χ1) is 8.62. The lowest BCUT2D eigenvalue weighted by Gasteiger charge is -2.07. The minimum absolute atomic E-state index is 0.120. The Morgan fingerprint density at radius 2 is 1.94 bits per heavy atom. The Kier molecular flexibility index (Phi) is 4.48. The van der Waals surface area contributed by atoms with E-state index in [1.807, 2.05) is 0 Å². The van der Waals surface area contributed by atoms with Gasteiger partial charge in [-0.3, -0.25) is 0 Å². The van der Waals surface area contributed by atoms with Crippen molar-refractivity contribution in [2.24, 2.45) is 0 Å². The molecule has 1 aromatic rings. The number of ether oxygens (including phenoxy) is 1. The zero-order valence-electron chi connectivity index (χ0n) is 9.93. The van der Waals surface area contributed by atoms with Gasteiger partial charge in [-0.1, -0.05) is 0 Å². The Bertz CT molecular complexity index is 483. The van der Waals surface area contributed by atoms with Gasteiger partial charge in [0.05, 0.1) is 11.5 Å². The van der Waals surface area contributed by atoms with E-state index in [2.05, 4.69) is 4.72 Å². The third kappa shape index (κ3) is 3.86. The first-order valence-electron chi connectivity index (χ1n) is 5.93. The van der Waals surface area contributed by atoms with Gasteiger partial charge in [-0.2, -0.15) is 0 Å². The van der Waals surface area contributed by atoms with Gasteiger partial charge in [0.2, 0.25) is 10.0 Å². The quantitative estimate of drug-likeness (QED) is 0.618. The molecular weight excluding hydrogens is 274 g/mol. The lowest BCUT2D eigenvalue weighted by atomic mass is 10.3. The molecule has 0 aromatic heterocycles. The maximum atomic E-state index is 11.9. The van der Waals surface area contributed by atoms with Crippen LogP contribution in [0.15, 0.2) is 29.2 Å². The minimum Gasteiger partial charge on any atom is -0.494 e. The van der Waals surface area contributed by atoms with Crippen molar-refractivity contribution < 1.29 is 13.2 Å². The van der Waals surface area contributed by atoms with Crippen LogP contribution in [0.1, 0.15) is 19.3 Å². The zero-order valence-corrected chi connectivity index (χ0v) is 11.5. The minimum atomic E-state index is -3.37. The van der Waals surface area contributed by atoms with Crippen LogP contribution in [0.2, 0.25) is 0 Å². The molecular formula is C12H16ClNO3S. The fourth-order valence-electron chi connectivity index (χ4n) is 1.45. The average molecular weight is 290 g/mol. The van der Waals surface area contributed by atoms with Gasteiger partial charge in [-0.25, -0.2) is 13.1 Å². The predicted octanol–water partition coefficient (Wildman–Crippen LogP) is 2.13. The smallest absolute Gasteiger partial charge is 0.240 e. The third-order valence-electron chi connectivity index (χ3n) is 2.58. The molecule has 2 rings (SSSR count). The predicted molar refractivity (Wildman–Crippen MR) is 70.6 cm³/mol. The Morgan fingerprint density at radius 1 is 1.28 bits per heavy atom. The Hall–Kier alpha value is -0.780. The second kappa shape index (κ2) is 5.91. The fourth-order valence-corrected chi connectivity index (χ4v) is 2.86. The number of rotatable bonds is 7. The van der Waals surface area contributed by atoms with E-state index in [4.69, 9.17) is 16.3 Å². The number of nitrogens with one attached hydrogen (secondary N) is 1. The van der Waals surface area contributed by atoms with E-state index in [0.717, 1.165) is 19.3 Å². The van der Waals surface area contributed by atoms with E-state index in [0.29, 0.717) is 18.2 Å². The van der Waals surface area contributed by atoms with Crippen molar-refractivity contribution in [2.45, 2.75) is 30.2 Å². The second-order valence-electron chi connectivity index (χ2n) is 4.26. The van der Waals surface area contributed by atoms with Gasteiger partial charge in [0.1, 0.15) is 5.75 Å². The van der Waals surface area contributed by atoms with Crippen molar-refractivity contribution in [3.05, 3.63) is 24.3 Å².